The Balaban J connectivity index is 1.40. The van der Waals surface area contributed by atoms with E-state index in [1.807, 2.05) is 30.3 Å². The molecule has 0 N–H and O–H groups in total. The lowest BCUT2D eigenvalue weighted by molar-refractivity contribution is -0.0511. The standard InChI is InChI=1S/C25H27NO2/c1-2-25(15-7-4-8-16-25)26-17-18-27-24(19-26)22-11-13-23(14-12-22)28-20-21-9-5-3-6-10-21/h2-15,24H,1,16-20H2/t24-,25+/m0/s1. The summed E-state index contributed by atoms with van der Waals surface area (Å²) in [5.41, 5.74) is 2.25. The van der Waals surface area contributed by atoms with Crippen molar-refractivity contribution in [2.45, 2.75) is 24.7 Å². The second kappa shape index (κ2) is 8.59. The average molecular weight is 373 g/mol. The topological polar surface area (TPSA) is 21.7 Å². The van der Waals surface area contributed by atoms with Crippen LogP contribution in [0, 0.1) is 0 Å². The van der Waals surface area contributed by atoms with Gasteiger partial charge < -0.3 is 9.47 Å². The van der Waals surface area contributed by atoms with Crippen molar-refractivity contribution in [2.75, 3.05) is 19.7 Å². The predicted octanol–water partition coefficient (Wildman–Crippen LogP) is 5.08. The molecule has 28 heavy (non-hydrogen) atoms. The quantitative estimate of drug-likeness (QED) is 0.659. The number of morpholine rings is 1. The Labute approximate surface area is 167 Å². The van der Waals surface area contributed by atoms with Gasteiger partial charge in [0.1, 0.15) is 12.4 Å². The van der Waals surface area contributed by atoms with Gasteiger partial charge in [-0.25, -0.2) is 0 Å². The normalized spacial score (nSPS) is 24.8. The summed E-state index contributed by atoms with van der Waals surface area (Å²) in [5, 5.41) is 0. The number of allylic oxidation sites excluding steroid dienone is 2. The van der Waals surface area contributed by atoms with Gasteiger partial charge in [0, 0.05) is 13.1 Å². The molecule has 2 aliphatic rings. The fourth-order valence-electron chi connectivity index (χ4n) is 3.89. The molecule has 1 heterocycles. The van der Waals surface area contributed by atoms with Crippen molar-refractivity contribution >= 4 is 0 Å². The maximum Gasteiger partial charge on any atom is 0.119 e. The van der Waals surface area contributed by atoms with Gasteiger partial charge in [0.2, 0.25) is 0 Å². The summed E-state index contributed by atoms with van der Waals surface area (Å²) >= 11 is 0. The van der Waals surface area contributed by atoms with E-state index >= 15 is 0 Å². The molecule has 3 heteroatoms. The van der Waals surface area contributed by atoms with Gasteiger partial charge >= 0.3 is 0 Å². The first-order valence-corrected chi connectivity index (χ1v) is 9.90. The highest BCUT2D eigenvalue weighted by atomic mass is 16.5. The Hall–Kier alpha value is -2.62. The lowest BCUT2D eigenvalue weighted by Crippen LogP contribution is -2.52. The van der Waals surface area contributed by atoms with E-state index in [0.717, 1.165) is 31.9 Å². The highest BCUT2D eigenvalue weighted by Gasteiger charge is 2.35. The zero-order valence-electron chi connectivity index (χ0n) is 16.2. The fraction of sp³-hybridized carbons (Fsp3) is 0.280. The van der Waals surface area contributed by atoms with Gasteiger partial charge in [-0.2, -0.15) is 0 Å². The summed E-state index contributed by atoms with van der Waals surface area (Å²) in [6.07, 6.45) is 11.8. The van der Waals surface area contributed by atoms with Crippen molar-refractivity contribution in [3.05, 3.63) is 103 Å². The average Bonchev–Trinajstić information content (AvgIpc) is 2.79. The molecule has 144 valence electrons. The summed E-state index contributed by atoms with van der Waals surface area (Å²) in [4.78, 5) is 2.48. The van der Waals surface area contributed by atoms with E-state index in [-0.39, 0.29) is 11.6 Å². The lowest BCUT2D eigenvalue weighted by Gasteiger charge is -2.44. The Bertz CT molecular complexity index is 841. The predicted molar refractivity (Wildman–Crippen MR) is 113 cm³/mol. The minimum Gasteiger partial charge on any atom is -0.489 e. The molecule has 0 unspecified atom stereocenters. The molecular weight excluding hydrogens is 346 g/mol. The van der Waals surface area contributed by atoms with E-state index in [0.29, 0.717) is 6.61 Å². The molecule has 1 aliphatic heterocycles. The van der Waals surface area contributed by atoms with Gasteiger partial charge in [0.05, 0.1) is 18.2 Å². The number of benzene rings is 2. The van der Waals surface area contributed by atoms with Gasteiger partial charge in [-0.1, -0.05) is 72.8 Å². The van der Waals surface area contributed by atoms with Crippen molar-refractivity contribution in [3.8, 4) is 5.75 Å². The van der Waals surface area contributed by atoms with Crippen LogP contribution in [0.1, 0.15) is 23.7 Å². The zero-order valence-corrected chi connectivity index (χ0v) is 16.2. The highest BCUT2D eigenvalue weighted by molar-refractivity contribution is 5.31. The second-order valence-electron chi connectivity index (χ2n) is 7.34. The minimum absolute atomic E-state index is 0.0630. The summed E-state index contributed by atoms with van der Waals surface area (Å²) in [7, 11) is 0. The third-order valence-corrected chi connectivity index (χ3v) is 5.59. The summed E-state index contributed by atoms with van der Waals surface area (Å²) in [6.45, 7) is 7.18. The Morgan fingerprint density at radius 3 is 2.64 bits per heavy atom. The largest absolute Gasteiger partial charge is 0.489 e. The van der Waals surface area contributed by atoms with Gasteiger partial charge in [-0.3, -0.25) is 4.90 Å². The first-order valence-electron chi connectivity index (χ1n) is 9.90. The van der Waals surface area contributed by atoms with E-state index in [1.54, 1.807) is 0 Å². The lowest BCUT2D eigenvalue weighted by atomic mass is 9.88. The summed E-state index contributed by atoms with van der Waals surface area (Å²) in [6, 6.07) is 18.5. The zero-order chi connectivity index (χ0) is 19.2. The maximum absolute atomic E-state index is 6.08. The van der Waals surface area contributed by atoms with Crippen molar-refractivity contribution in [1.29, 1.82) is 0 Å². The van der Waals surface area contributed by atoms with Gasteiger partial charge in [0.25, 0.3) is 0 Å². The van der Waals surface area contributed by atoms with Gasteiger partial charge in [-0.05, 0) is 29.7 Å². The molecule has 0 saturated carbocycles. The smallest absolute Gasteiger partial charge is 0.119 e. The number of ether oxygens (including phenoxy) is 2. The Kier molecular flexibility index (Phi) is 5.75. The van der Waals surface area contributed by atoms with E-state index in [2.05, 4.69) is 66.1 Å². The molecule has 0 amide bonds. The third kappa shape index (κ3) is 4.11. The monoisotopic (exact) mass is 373 g/mol. The first-order chi connectivity index (χ1) is 13.8. The van der Waals surface area contributed by atoms with Crippen LogP contribution in [0.2, 0.25) is 0 Å². The minimum atomic E-state index is -0.102. The van der Waals surface area contributed by atoms with Crippen LogP contribution in [-0.2, 0) is 11.3 Å². The van der Waals surface area contributed by atoms with Crippen LogP contribution in [0.4, 0.5) is 0 Å². The van der Waals surface area contributed by atoms with Crippen molar-refractivity contribution < 1.29 is 9.47 Å². The van der Waals surface area contributed by atoms with Crippen LogP contribution in [0.5, 0.6) is 5.75 Å². The molecule has 3 nitrogen and oxygen atoms in total. The second-order valence-corrected chi connectivity index (χ2v) is 7.34. The molecule has 0 bridgehead atoms. The summed E-state index contributed by atoms with van der Waals surface area (Å²) < 4.78 is 12.0. The third-order valence-electron chi connectivity index (χ3n) is 5.59. The molecule has 0 spiro atoms. The van der Waals surface area contributed by atoms with E-state index in [9.17, 15) is 0 Å². The Morgan fingerprint density at radius 2 is 1.93 bits per heavy atom. The first kappa shape index (κ1) is 18.7. The van der Waals surface area contributed by atoms with Crippen molar-refractivity contribution in [3.63, 3.8) is 0 Å². The molecule has 2 aromatic rings. The highest BCUT2D eigenvalue weighted by Crippen LogP contribution is 2.33. The summed E-state index contributed by atoms with van der Waals surface area (Å²) in [5.74, 6) is 0.878. The van der Waals surface area contributed by atoms with Crippen molar-refractivity contribution in [1.82, 2.24) is 4.90 Å². The number of hydrogen-bond donors (Lipinski definition) is 0. The van der Waals surface area contributed by atoms with E-state index in [4.69, 9.17) is 9.47 Å². The molecule has 4 rings (SSSR count). The molecule has 2 atom stereocenters. The van der Waals surface area contributed by atoms with Crippen LogP contribution >= 0.6 is 0 Å². The van der Waals surface area contributed by atoms with Crippen molar-refractivity contribution in [2.24, 2.45) is 0 Å². The number of rotatable bonds is 6. The molecule has 2 aromatic carbocycles. The Morgan fingerprint density at radius 1 is 1.11 bits per heavy atom. The SMILES string of the molecule is C=C[C@@]1(N2CCO[C@H](c3ccc(OCc4ccccc4)cc3)C2)C=CC=CC1. The van der Waals surface area contributed by atoms with E-state index in [1.165, 1.54) is 11.1 Å². The molecule has 1 saturated heterocycles. The molecule has 0 aromatic heterocycles. The van der Waals surface area contributed by atoms with Crippen LogP contribution in [0.3, 0.4) is 0 Å². The molecule has 1 aliphatic carbocycles. The van der Waals surface area contributed by atoms with Crippen LogP contribution in [-0.4, -0.2) is 30.1 Å². The maximum atomic E-state index is 6.08. The number of nitrogens with zero attached hydrogens (tertiary/aromatic N) is 1. The number of hydrogen-bond acceptors (Lipinski definition) is 3. The van der Waals surface area contributed by atoms with E-state index < -0.39 is 0 Å². The van der Waals surface area contributed by atoms with Gasteiger partial charge in [-0.15, -0.1) is 6.58 Å². The van der Waals surface area contributed by atoms with Gasteiger partial charge in [0.15, 0.2) is 0 Å². The van der Waals surface area contributed by atoms with Crippen LogP contribution in [0.25, 0.3) is 0 Å². The molecule has 0 radical (unpaired) electrons. The fourth-order valence-corrected chi connectivity index (χ4v) is 3.89. The van der Waals surface area contributed by atoms with Crippen LogP contribution in [0.15, 0.2) is 91.6 Å². The molecular formula is C25H27NO2. The van der Waals surface area contributed by atoms with Crippen LogP contribution < -0.4 is 4.74 Å². The molecule has 1 fully saturated rings.